The van der Waals surface area contributed by atoms with Crippen LogP contribution in [0.15, 0.2) is 42.5 Å². The van der Waals surface area contributed by atoms with E-state index in [9.17, 15) is 31.5 Å². The molecule has 8 nitrogen and oxygen atoms in total. The minimum atomic E-state index is -4.65. The van der Waals surface area contributed by atoms with Gasteiger partial charge in [0.15, 0.2) is 6.10 Å². The van der Waals surface area contributed by atoms with Crippen LogP contribution in [-0.4, -0.2) is 44.5 Å². The van der Waals surface area contributed by atoms with Crippen molar-refractivity contribution in [1.29, 1.82) is 0 Å². The third-order valence-electron chi connectivity index (χ3n) is 6.72. The fourth-order valence-electron chi connectivity index (χ4n) is 5.13. The number of halogens is 3. The van der Waals surface area contributed by atoms with Crippen LogP contribution in [0.5, 0.6) is 5.75 Å². The number of hydrogen-bond acceptors (Lipinski definition) is 6. The Balaban J connectivity index is 2.17. The summed E-state index contributed by atoms with van der Waals surface area (Å²) in [6.45, 7) is 9.24. The predicted octanol–water partition coefficient (Wildman–Crippen LogP) is 6.77. The number of hydrogen-bond donors (Lipinski definition) is 3. The van der Waals surface area contributed by atoms with Gasteiger partial charge in [-0.15, -0.1) is 0 Å². The van der Waals surface area contributed by atoms with Crippen LogP contribution < -0.4 is 14.8 Å². The Labute approximate surface area is 242 Å². The number of benzene rings is 3. The Kier molecular flexibility index (Phi) is 8.27. The fraction of sp³-hybridized carbons (Fsp3) is 0.367. The molecular weight excluding hydrogens is 573 g/mol. The Bertz CT molecular complexity index is 1650. The van der Waals surface area contributed by atoms with Crippen molar-refractivity contribution in [3.8, 4) is 28.0 Å². The normalized spacial score (nSPS) is 14.4. The van der Waals surface area contributed by atoms with Gasteiger partial charge in [0.25, 0.3) is 0 Å². The number of carboxylic acids is 1. The van der Waals surface area contributed by atoms with Gasteiger partial charge >= 0.3 is 12.1 Å². The van der Waals surface area contributed by atoms with Gasteiger partial charge in [0, 0.05) is 17.7 Å². The van der Waals surface area contributed by atoms with E-state index in [4.69, 9.17) is 9.47 Å². The summed E-state index contributed by atoms with van der Waals surface area (Å²) >= 11 is 0. The minimum absolute atomic E-state index is 0.0312. The standard InChI is InChI=1S/C30H33F3N2O6S/c1-16-23(19-10-11-22-21(15-19)34-12-13-40-22)25(27(28(36)37)41-29(3,4)5)17(2)26(35-42(6,38)39)24(16)18-8-7-9-20(14-18)30(31,32)33/h7-11,14-15,27,34-35H,12-13H2,1-6H3,(H,36,37). The highest BCUT2D eigenvalue weighted by atomic mass is 32.2. The number of nitrogens with one attached hydrogen (secondary N) is 2. The van der Waals surface area contributed by atoms with E-state index in [2.05, 4.69) is 10.0 Å². The highest BCUT2D eigenvalue weighted by Crippen LogP contribution is 2.48. The summed E-state index contributed by atoms with van der Waals surface area (Å²) < 4.78 is 80.5. The lowest BCUT2D eigenvalue weighted by molar-refractivity contribution is -0.160. The minimum Gasteiger partial charge on any atom is -0.490 e. The van der Waals surface area contributed by atoms with Crippen LogP contribution >= 0.6 is 0 Å². The van der Waals surface area contributed by atoms with Crippen LogP contribution in [0.1, 0.15) is 49.1 Å². The number of rotatable bonds is 7. The zero-order valence-electron chi connectivity index (χ0n) is 24.1. The molecule has 0 radical (unpaired) electrons. The zero-order chi connectivity index (χ0) is 31.2. The van der Waals surface area contributed by atoms with E-state index in [0.29, 0.717) is 41.3 Å². The molecule has 226 valence electrons. The quantitative estimate of drug-likeness (QED) is 0.272. The van der Waals surface area contributed by atoms with Crippen molar-refractivity contribution >= 4 is 27.4 Å². The van der Waals surface area contributed by atoms with Gasteiger partial charge in [-0.05, 0) is 86.7 Å². The molecule has 0 aliphatic carbocycles. The van der Waals surface area contributed by atoms with Crippen LogP contribution in [0.3, 0.4) is 0 Å². The second-order valence-corrected chi connectivity index (χ2v) is 12.9. The van der Waals surface area contributed by atoms with E-state index in [1.54, 1.807) is 45.9 Å². The molecule has 1 aliphatic heterocycles. The van der Waals surface area contributed by atoms with Crippen molar-refractivity contribution in [1.82, 2.24) is 0 Å². The van der Waals surface area contributed by atoms with Crippen molar-refractivity contribution in [2.45, 2.75) is 52.5 Å². The third kappa shape index (κ3) is 6.65. The van der Waals surface area contributed by atoms with E-state index >= 15 is 0 Å². The maximum Gasteiger partial charge on any atom is 0.416 e. The number of aliphatic carboxylic acids is 1. The molecule has 3 N–H and O–H groups in total. The first-order chi connectivity index (χ1) is 19.4. The average Bonchev–Trinajstić information content (AvgIpc) is 2.87. The Morgan fingerprint density at radius 3 is 2.31 bits per heavy atom. The zero-order valence-corrected chi connectivity index (χ0v) is 24.9. The van der Waals surface area contributed by atoms with Gasteiger partial charge < -0.3 is 19.9 Å². The lowest BCUT2D eigenvalue weighted by Gasteiger charge is -2.31. The monoisotopic (exact) mass is 606 g/mol. The molecule has 3 aromatic carbocycles. The second kappa shape index (κ2) is 11.1. The van der Waals surface area contributed by atoms with Gasteiger partial charge in [0.2, 0.25) is 10.0 Å². The van der Waals surface area contributed by atoms with Crippen molar-refractivity contribution in [3.05, 3.63) is 64.7 Å². The fourth-order valence-corrected chi connectivity index (χ4v) is 5.76. The van der Waals surface area contributed by atoms with E-state index in [-0.39, 0.29) is 27.9 Å². The summed E-state index contributed by atoms with van der Waals surface area (Å²) in [6.07, 6.45) is -5.28. The molecular formula is C30H33F3N2O6S. The first kappa shape index (κ1) is 31.2. The second-order valence-electron chi connectivity index (χ2n) is 11.2. The summed E-state index contributed by atoms with van der Waals surface area (Å²) in [5, 5.41) is 13.6. The summed E-state index contributed by atoms with van der Waals surface area (Å²) in [5.41, 5.74) is 0.758. The first-order valence-electron chi connectivity index (χ1n) is 13.1. The van der Waals surface area contributed by atoms with Crippen molar-refractivity contribution in [3.63, 3.8) is 0 Å². The van der Waals surface area contributed by atoms with Crippen LogP contribution in [-0.2, 0) is 25.7 Å². The molecule has 0 saturated heterocycles. The Hall–Kier alpha value is -3.77. The average molecular weight is 607 g/mol. The maximum atomic E-state index is 13.7. The predicted molar refractivity (Wildman–Crippen MR) is 155 cm³/mol. The molecule has 0 bridgehead atoms. The van der Waals surface area contributed by atoms with Crippen LogP contribution in [0, 0.1) is 13.8 Å². The summed E-state index contributed by atoms with van der Waals surface area (Å²) in [7, 11) is -3.96. The largest absolute Gasteiger partial charge is 0.490 e. The van der Waals surface area contributed by atoms with Crippen LogP contribution in [0.2, 0.25) is 0 Å². The number of carbonyl (C=O) groups is 1. The molecule has 12 heteroatoms. The number of ether oxygens (including phenoxy) is 2. The number of anilines is 2. The third-order valence-corrected chi connectivity index (χ3v) is 7.29. The van der Waals surface area contributed by atoms with Crippen molar-refractivity contribution in [2.75, 3.05) is 29.4 Å². The molecule has 42 heavy (non-hydrogen) atoms. The molecule has 0 spiro atoms. The van der Waals surface area contributed by atoms with Gasteiger partial charge in [0.1, 0.15) is 12.4 Å². The van der Waals surface area contributed by atoms with Gasteiger partial charge in [0.05, 0.1) is 28.8 Å². The van der Waals surface area contributed by atoms with E-state index in [1.807, 2.05) is 0 Å². The lowest BCUT2D eigenvalue weighted by Crippen LogP contribution is -2.29. The maximum absolute atomic E-state index is 13.7. The number of carboxylic acid groups (broad SMARTS) is 1. The summed E-state index contributed by atoms with van der Waals surface area (Å²) in [5.74, 6) is -0.722. The highest BCUT2D eigenvalue weighted by Gasteiger charge is 2.36. The molecule has 0 aromatic heterocycles. The summed E-state index contributed by atoms with van der Waals surface area (Å²) in [4.78, 5) is 12.7. The number of alkyl halides is 3. The molecule has 1 unspecified atom stereocenters. The van der Waals surface area contributed by atoms with Gasteiger partial charge in [-0.1, -0.05) is 18.2 Å². The number of fused-ring (bicyclic) bond motifs is 1. The van der Waals surface area contributed by atoms with Crippen LogP contribution in [0.25, 0.3) is 22.3 Å². The molecule has 1 heterocycles. The molecule has 3 aromatic rings. The van der Waals surface area contributed by atoms with Crippen molar-refractivity contribution < 1.29 is 41.0 Å². The Morgan fingerprint density at radius 1 is 1.05 bits per heavy atom. The van der Waals surface area contributed by atoms with Crippen molar-refractivity contribution in [2.24, 2.45) is 0 Å². The van der Waals surface area contributed by atoms with E-state index in [0.717, 1.165) is 18.4 Å². The number of sulfonamides is 1. The lowest BCUT2D eigenvalue weighted by atomic mass is 9.82. The molecule has 4 rings (SSSR count). The highest BCUT2D eigenvalue weighted by molar-refractivity contribution is 7.92. The van der Waals surface area contributed by atoms with E-state index in [1.165, 1.54) is 19.1 Å². The van der Waals surface area contributed by atoms with E-state index < -0.39 is 39.4 Å². The smallest absolute Gasteiger partial charge is 0.416 e. The van der Waals surface area contributed by atoms with Gasteiger partial charge in [-0.3, -0.25) is 4.72 Å². The van der Waals surface area contributed by atoms with Gasteiger partial charge in [-0.2, -0.15) is 13.2 Å². The topological polar surface area (TPSA) is 114 Å². The molecule has 0 amide bonds. The first-order valence-corrected chi connectivity index (χ1v) is 15.0. The SMILES string of the molecule is Cc1c(-c2cccc(C(F)(F)F)c2)c(NS(C)(=O)=O)c(C)c(C(OC(C)(C)C)C(=O)O)c1-c1ccc2c(c1)NCCO2. The molecule has 1 aliphatic rings. The summed E-state index contributed by atoms with van der Waals surface area (Å²) in [6, 6.07) is 9.80. The van der Waals surface area contributed by atoms with Crippen LogP contribution in [0.4, 0.5) is 24.5 Å². The molecule has 0 saturated carbocycles. The molecule has 0 fully saturated rings. The molecule has 1 atom stereocenters. The van der Waals surface area contributed by atoms with Gasteiger partial charge in [-0.25, -0.2) is 13.2 Å². The Morgan fingerprint density at radius 2 is 1.71 bits per heavy atom.